The fraction of sp³-hybridized carbons (Fsp3) is 0.263. The number of quaternary nitrogens is 1. The molecule has 1 heterocycles. The third-order valence-corrected chi connectivity index (χ3v) is 4.35. The second-order valence-corrected chi connectivity index (χ2v) is 6.39. The van der Waals surface area contributed by atoms with Gasteiger partial charge in [0.05, 0.1) is 6.54 Å². The minimum atomic E-state index is -4.77. The van der Waals surface area contributed by atoms with Crippen molar-refractivity contribution >= 4 is 10.9 Å². The molecule has 1 aromatic heterocycles. The molecule has 0 atom stereocenters. The number of aryl methyl sites for hydroxylation is 1. The fourth-order valence-corrected chi connectivity index (χ4v) is 3.12. The summed E-state index contributed by atoms with van der Waals surface area (Å²) in [4.78, 5) is 3.11. The monoisotopic (exact) mass is 403 g/mol. The molecule has 0 saturated carbocycles. The molecular weight excluding hydrogens is 386 g/mol. The topological polar surface area (TPSA) is 41.6 Å². The minimum Gasteiger partial charge on any atom is -0.406 e. The van der Waals surface area contributed by atoms with Crippen molar-refractivity contribution < 1.29 is 36.4 Å². The van der Waals surface area contributed by atoms with Gasteiger partial charge in [0.1, 0.15) is 12.3 Å². The van der Waals surface area contributed by atoms with Gasteiger partial charge >= 0.3 is 6.36 Å². The number of aromatic nitrogens is 1. The van der Waals surface area contributed by atoms with Crippen LogP contribution in [0.5, 0.6) is 5.75 Å². The summed E-state index contributed by atoms with van der Waals surface area (Å²) in [7, 11) is 0. The molecule has 0 radical (unpaired) electrons. The molecule has 0 spiro atoms. The number of fused-ring (bicyclic) bond motifs is 1. The average molecular weight is 403 g/mol. The Morgan fingerprint density at radius 3 is 2.36 bits per heavy atom. The lowest BCUT2D eigenvalue weighted by atomic mass is 10.1. The van der Waals surface area contributed by atoms with Crippen molar-refractivity contribution in [1.82, 2.24) is 4.98 Å². The lowest BCUT2D eigenvalue weighted by Crippen LogP contribution is -2.83. The Hall–Kier alpha value is -2.68. The van der Waals surface area contributed by atoms with Gasteiger partial charge < -0.3 is 15.0 Å². The summed E-state index contributed by atoms with van der Waals surface area (Å²) in [5, 5.41) is 2.40. The van der Waals surface area contributed by atoms with E-state index in [1.807, 2.05) is 6.92 Å². The minimum absolute atomic E-state index is 0.234. The molecule has 0 amide bonds. The number of aromatic amines is 1. The van der Waals surface area contributed by atoms with Gasteiger partial charge in [0, 0.05) is 28.6 Å². The van der Waals surface area contributed by atoms with E-state index in [9.17, 15) is 26.3 Å². The van der Waals surface area contributed by atoms with E-state index in [1.165, 1.54) is 18.2 Å². The first-order chi connectivity index (χ1) is 13.1. The zero-order valence-corrected chi connectivity index (χ0v) is 14.8. The standard InChI is InChI=1S/C19H16F6N2O/c1-10-13(4-5-26-9-11-6-15(20)18(22)16(21)7-11)14-8-12(28-19(23,24)25)2-3-17(14)27-10/h2-3,6-8,26-27H,4-5,9H2,1H3/p+1. The number of nitrogens with two attached hydrogens (primary N) is 1. The lowest BCUT2D eigenvalue weighted by molar-refractivity contribution is -0.670. The second kappa shape index (κ2) is 7.75. The van der Waals surface area contributed by atoms with E-state index < -0.39 is 23.8 Å². The summed E-state index contributed by atoms with van der Waals surface area (Å²) in [5.74, 6) is -4.29. The molecule has 150 valence electrons. The maximum absolute atomic E-state index is 13.2. The molecule has 3 aromatic rings. The van der Waals surface area contributed by atoms with Crippen LogP contribution in [0, 0.1) is 24.4 Å². The smallest absolute Gasteiger partial charge is 0.406 e. The molecule has 3 nitrogen and oxygen atoms in total. The SMILES string of the molecule is Cc1[nH]c2ccc(OC(F)(F)F)cc2c1CC[NH2+]Cc1cc(F)c(F)c(F)c1. The third kappa shape index (κ3) is 4.59. The van der Waals surface area contributed by atoms with Crippen molar-refractivity contribution in [2.75, 3.05) is 6.54 Å². The second-order valence-electron chi connectivity index (χ2n) is 6.39. The predicted molar refractivity (Wildman–Crippen MR) is 90.2 cm³/mol. The summed E-state index contributed by atoms with van der Waals surface area (Å²) in [5.41, 5.74) is 2.62. The van der Waals surface area contributed by atoms with E-state index in [0.717, 1.165) is 23.4 Å². The Balaban J connectivity index is 1.68. The van der Waals surface area contributed by atoms with Crippen LogP contribution in [0.2, 0.25) is 0 Å². The molecule has 3 rings (SSSR count). The van der Waals surface area contributed by atoms with E-state index in [4.69, 9.17) is 0 Å². The Morgan fingerprint density at radius 2 is 1.71 bits per heavy atom. The number of alkyl halides is 3. The number of ether oxygens (including phenoxy) is 1. The van der Waals surface area contributed by atoms with Gasteiger partial charge in [-0.1, -0.05) is 0 Å². The fourth-order valence-electron chi connectivity index (χ4n) is 3.12. The zero-order chi connectivity index (χ0) is 20.5. The number of halogens is 6. The van der Waals surface area contributed by atoms with Crippen molar-refractivity contribution in [3.05, 3.63) is 64.6 Å². The summed E-state index contributed by atoms with van der Waals surface area (Å²) in [6, 6.07) is 5.95. The van der Waals surface area contributed by atoms with Crippen molar-refractivity contribution in [2.24, 2.45) is 0 Å². The highest BCUT2D eigenvalue weighted by molar-refractivity contribution is 5.86. The van der Waals surface area contributed by atoms with Crippen molar-refractivity contribution in [2.45, 2.75) is 26.3 Å². The molecule has 0 bridgehead atoms. The van der Waals surface area contributed by atoms with E-state index in [-0.39, 0.29) is 12.3 Å². The predicted octanol–water partition coefficient (Wildman–Crippen LogP) is 4.10. The van der Waals surface area contributed by atoms with Gasteiger partial charge in [-0.05, 0) is 42.8 Å². The molecule has 0 aliphatic carbocycles. The highest BCUT2D eigenvalue weighted by atomic mass is 19.4. The first kappa shape index (κ1) is 20.1. The highest BCUT2D eigenvalue weighted by Gasteiger charge is 2.31. The van der Waals surface area contributed by atoms with E-state index in [0.29, 0.717) is 29.4 Å². The lowest BCUT2D eigenvalue weighted by Gasteiger charge is -2.09. The highest BCUT2D eigenvalue weighted by Crippen LogP contribution is 2.29. The van der Waals surface area contributed by atoms with Crippen LogP contribution in [0.15, 0.2) is 30.3 Å². The molecule has 0 fully saturated rings. The van der Waals surface area contributed by atoms with Crippen molar-refractivity contribution in [3.63, 3.8) is 0 Å². The Morgan fingerprint density at radius 1 is 1.04 bits per heavy atom. The van der Waals surface area contributed by atoms with E-state index in [2.05, 4.69) is 9.72 Å². The van der Waals surface area contributed by atoms with E-state index >= 15 is 0 Å². The largest absolute Gasteiger partial charge is 0.573 e. The van der Waals surface area contributed by atoms with Crippen LogP contribution in [0.1, 0.15) is 16.8 Å². The van der Waals surface area contributed by atoms with Crippen molar-refractivity contribution in [3.8, 4) is 5.75 Å². The van der Waals surface area contributed by atoms with Gasteiger partial charge in [0.15, 0.2) is 17.5 Å². The van der Waals surface area contributed by atoms with Gasteiger partial charge in [-0.15, -0.1) is 13.2 Å². The number of benzene rings is 2. The zero-order valence-electron chi connectivity index (χ0n) is 14.8. The van der Waals surface area contributed by atoms with Crippen LogP contribution < -0.4 is 10.1 Å². The number of hydrogen-bond acceptors (Lipinski definition) is 1. The quantitative estimate of drug-likeness (QED) is 0.363. The average Bonchev–Trinajstić information content (AvgIpc) is 2.90. The van der Waals surface area contributed by atoms with Crippen LogP contribution >= 0.6 is 0 Å². The molecule has 0 unspecified atom stereocenters. The summed E-state index contributed by atoms with van der Waals surface area (Å²) in [6.07, 6.45) is -4.26. The first-order valence-corrected chi connectivity index (χ1v) is 8.46. The molecule has 9 heteroatoms. The molecule has 3 N–H and O–H groups in total. The Labute approximate surface area is 156 Å². The van der Waals surface area contributed by atoms with Crippen LogP contribution in [0.25, 0.3) is 10.9 Å². The number of rotatable bonds is 6. The molecule has 0 aliphatic rings. The molecule has 28 heavy (non-hydrogen) atoms. The van der Waals surface area contributed by atoms with Crippen LogP contribution in [-0.2, 0) is 13.0 Å². The third-order valence-electron chi connectivity index (χ3n) is 4.35. The maximum Gasteiger partial charge on any atom is 0.573 e. The Bertz CT molecular complexity index is 973. The first-order valence-electron chi connectivity index (χ1n) is 8.46. The number of nitrogens with one attached hydrogen (secondary N) is 1. The van der Waals surface area contributed by atoms with E-state index in [1.54, 1.807) is 5.32 Å². The van der Waals surface area contributed by atoms with Gasteiger partial charge in [0.2, 0.25) is 0 Å². The van der Waals surface area contributed by atoms with Gasteiger partial charge in [0.25, 0.3) is 0 Å². The number of H-pyrrole nitrogens is 1. The number of hydrogen-bond donors (Lipinski definition) is 2. The molecule has 0 saturated heterocycles. The van der Waals surface area contributed by atoms with Crippen LogP contribution in [-0.4, -0.2) is 17.9 Å². The van der Waals surface area contributed by atoms with Crippen LogP contribution in [0.4, 0.5) is 26.3 Å². The molecular formula is C19H17F6N2O+. The molecule has 2 aromatic carbocycles. The van der Waals surface area contributed by atoms with Crippen molar-refractivity contribution in [1.29, 1.82) is 0 Å². The molecule has 0 aliphatic heterocycles. The normalized spacial score (nSPS) is 12.0. The summed E-state index contributed by atoms with van der Waals surface area (Å²) in [6.45, 7) is 2.56. The van der Waals surface area contributed by atoms with Crippen LogP contribution in [0.3, 0.4) is 0 Å². The Kier molecular flexibility index (Phi) is 5.55. The van der Waals surface area contributed by atoms with Gasteiger partial charge in [-0.25, -0.2) is 13.2 Å². The van der Waals surface area contributed by atoms with Gasteiger partial charge in [-0.2, -0.15) is 0 Å². The van der Waals surface area contributed by atoms with Gasteiger partial charge in [-0.3, -0.25) is 0 Å². The maximum atomic E-state index is 13.2. The summed E-state index contributed by atoms with van der Waals surface area (Å²) < 4.78 is 80.7. The summed E-state index contributed by atoms with van der Waals surface area (Å²) >= 11 is 0.